The molecule has 0 aliphatic carbocycles. The van der Waals surface area contributed by atoms with Gasteiger partial charge in [0.05, 0.1) is 0 Å². The summed E-state index contributed by atoms with van der Waals surface area (Å²) in [5.41, 5.74) is 0.897. The van der Waals surface area contributed by atoms with E-state index in [1.807, 2.05) is 30.3 Å². The lowest BCUT2D eigenvalue weighted by molar-refractivity contribution is -0.145. The first-order valence-corrected chi connectivity index (χ1v) is 5.38. The molecule has 0 unspecified atom stereocenters. The van der Waals surface area contributed by atoms with Crippen molar-refractivity contribution < 1.29 is 14.3 Å². The number of halogens is 1. The summed E-state index contributed by atoms with van der Waals surface area (Å²) >= 11 is 2.96. The summed E-state index contributed by atoms with van der Waals surface area (Å²) in [5, 5.41) is 0. The summed E-state index contributed by atoms with van der Waals surface area (Å²) < 4.78 is 4.94. The first kappa shape index (κ1) is 11.9. The molecule has 0 aromatic heterocycles. The molecule has 0 N–H and O–H groups in total. The predicted molar refractivity (Wildman–Crippen MR) is 59.6 cm³/mol. The lowest BCUT2D eigenvalue weighted by atomic mass is 10.2. The van der Waals surface area contributed by atoms with Gasteiger partial charge in [-0.25, -0.2) is 0 Å². The molecule has 1 aromatic rings. The van der Waals surface area contributed by atoms with E-state index in [2.05, 4.69) is 15.9 Å². The van der Waals surface area contributed by atoms with Crippen LogP contribution in [0, 0.1) is 0 Å². The van der Waals surface area contributed by atoms with Crippen LogP contribution < -0.4 is 0 Å². The van der Waals surface area contributed by atoms with Crippen LogP contribution in [0.4, 0.5) is 0 Å². The minimum atomic E-state index is -0.860. The van der Waals surface area contributed by atoms with E-state index < -0.39 is 10.8 Å². The Hall–Kier alpha value is -1.16. The minimum Gasteiger partial charge on any atom is -0.460 e. The van der Waals surface area contributed by atoms with Crippen LogP contribution in [-0.4, -0.2) is 16.6 Å². The van der Waals surface area contributed by atoms with Gasteiger partial charge >= 0.3 is 5.97 Å². The van der Waals surface area contributed by atoms with Gasteiger partial charge in [0.2, 0.25) is 0 Å². The Labute approximate surface area is 96.6 Å². The second-order valence-electron chi connectivity index (χ2n) is 3.07. The Morgan fingerprint density at radius 2 is 1.93 bits per heavy atom. The van der Waals surface area contributed by atoms with Crippen LogP contribution >= 0.6 is 15.9 Å². The van der Waals surface area contributed by atoms with Gasteiger partial charge < -0.3 is 4.74 Å². The van der Waals surface area contributed by atoms with Crippen molar-refractivity contribution in [2.24, 2.45) is 0 Å². The van der Waals surface area contributed by atoms with E-state index in [9.17, 15) is 9.59 Å². The van der Waals surface area contributed by atoms with Crippen LogP contribution in [0.3, 0.4) is 0 Å². The molecule has 1 aromatic carbocycles. The van der Waals surface area contributed by atoms with Crippen LogP contribution in [0.25, 0.3) is 0 Å². The van der Waals surface area contributed by atoms with Crippen LogP contribution in [0.15, 0.2) is 30.3 Å². The molecule has 0 saturated heterocycles. The fourth-order valence-corrected chi connectivity index (χ4v) is 1.10. The van der Waals surface area contributed by atoms with Crippen molar-refractivity contribution in [2.45, 2.75) is 18.4 Å². The van der Waals surface area contributed by atoms with Crippen molar-refractivity contribution in [3.8, 4) is 0 Å². The monoisotopic (exact) mass is 270 g/mol. The van der Waals surface area contributed by atoms with E-state index in [0.717, 1.165) is 5.56 Å². The first-order chi connectivity index (χ1) is 7.11. The molecule has 0 bridgehead atoms. The summed E-state index contributed by atoms with van der Waals surface area (Å²) in [4.78, 5) is 21.3. The SMILES string of the molecule is CC(=O)[C@@H](Br)C(=O)OCc1ccccc1. The van der Waals surface area contributed by atoms with Crippen LogP contribution in [0.1, 0.15) is 12.5 Å². The average molecular weight is 271 g/mol. The maximum Gasteiger partial charge on any atom is 0.327 e. The van der Waals surface area contributed by atoms with Crippen LogP contribution in [-0.2, 0) is 20.9 Å². The number of Topliss-reactive ketones (excluding diaryl/α,β-unsaturated/α-hetero) is 1. The lowest BCUT2D eigenvalue weighted by Crippen LogP contribution is -2.23. The van der Waals surface area contributed by atoms with Crippen molar-refractivity contribution in [2.75, 3.05) is 0 Å². The molecular formula is C11H11BrO3. The highest BCUT2D eigenvalue weighted by Gasteiger charge is 2.20. The number of hydrogen-bond acceptors (Lipinski definition) is 3. The summed E-state index contributed by atoms with van der Waals surface area (Å²) in [6.45, 7) is 1.53. The Kier molecular flexibility index (Phi) is 4.49. The number of ketones is 1. The molecule has 4 heteroatoms. The molecule has 0 aliphatic rings. The Bertz CT molecular complexity index is 348. The van der Waals surface area contributed by atoms with Gasteiger partial charge in [0, 0.05) is 0 Å². The predicted octanol–water partition coefficient (Wildman–Crippen LogP) is 2.08. The number of carbonyl (C=O) groups excluding carboxylic acids is 2. The molecule has 0 fully saturated rings. The van der Waals surface area contributed by atoms with E-state index in [1.54, 1.807) is 0 Å². The lowest BCUT2D eigenvalue weighted by Gasteiger charge is -2.07. The Morgan fingerprint density at radius 1 is 1.33 bits per heavy atom. The zero-order valence-electron chi connectivity index (χ0n) is 8.27. The molecule has 1 rings (SSSR count). The van der Waals surface area contributed by atoms with Gasteiger partial charge in [-0.3, -0.25) is 9.59 Å². The molecule has 0 aliphatic heterocycles. The average Bonchev–Trinajstić information content (AvgIpc) is 2.26. The highest BCUT2D eigenvalue weighted by atomic mass is 79.9. The van der Waals surface area contributed by atoms with E-state index in [1.165, 1.54) is 6.92 Å². The minimum absolute atomic E-state index is 0.190. The molecule has 0 heterocycles. The molecular weight excluding hydrogens is 260 g/mol. The molecule has 0 radical (unpaired) electrons. The largest absolute Gasteiger partial charge is 0.460 e. The third-order valence-electron chi connectivity index (χ3n) is 1.79. The molecule has 3 nitrogen and oxygen atoms in total. The highest BCUT2D eigenvalue weighted by molar-refractivity contribution is 9.10. The number of carbonyl (C=O) groups is 2. The van der Waals surface area contributed by atoms with E-state index in [4.69, 9.17) is 4.74 Å². The highest BCUT2D eigenvalue weighted by Crippen LogP contribution is 2.07. The van der Waals surface area contributed by atoms with Crippen molar-refractivity contribution in [3.05, 3.63) is 35.9 Å². The van der Waals surface area contributed by atoms with Crippen LogP contribution in [0.2, 0.25) is 0 Å². The topological polar surface area (TPSA) is 43.4 Å². The summed E-state index contributed by atoms with van der Waals surface area (Å²) in [5.74, 6) is -0.806. The van der Waals surface area contributed by atoms with Crippen molar-refractivity contribution in [1.29, 1.82) is 0 Å². The summed E-state index contributed by atoms with van der Waals surface area (Å²) in [6, 6.07) is 9.31. The van der Waals surface area contributed by atoms with E-state index in [0.29, 0.717) is 0 Å². The smallest absolute Gasteiger partial charge is 0.327 e. The quantitative estimate of drug-likeness (QED) is 0.478. The van der Waals surface area contributed by atoms with Gasteiger partial charge in [0.25, 0.3) is 0 Å². The third kappa shape index (κ3) is 3.83. The molecule has 80 valence electrons. The fraction of sp³-hybridized carbons (Fsp3) is 0.273. The zero-order chi connectivity index (χ0) is 11.3. The molecule has 0 spiro atoms. The maximum absolute atomic E-state index is 11.3. The van der Waals surface area contributed by atoms with Crippen molar-refractivity contribution in [3.63, 3.8) is 0 Å². The van der Waals surface area contributed by atoms with E-state index >= 15 is 0 Å². The molecule has 1 atom stereocenters. The summed E-state index contributed by atoms with van der Waals surface area (Å²) in [6.07, 6.45) is 0. The summed E-state index contributed by atoms with van der Waals surface area (Å²) in [7, 11) is 0. The molecule has 0 amide bonds. The van der Waals surface area contributed by atoms with Crippen LogP contribution in [0.5, 0.6) is 0 Å². The van der Waals surface area contributed by atoms with Gasteiger partial charge in [-0.15, -0.1) is 0 Å². The second-order valence-corrected chi connectivity index (χ2v) is 3.98. The second kappa shape index (κ2) is 5.66. The first-order valence-electron chi connectivity index (χ1n) is 4.46. The van der Waals surface area contributed by atoms with Crippen molar-refractivity contribution >= 4 is 27.7 Å². The van der Waals surface area contributed by atoms with Gasteiger partial charge in [-0.2, -0.15) is 0 Å². The number of benzene rings is 1. The molecule has 15 heavy (non-hydrogen) atoms. The van der Waals surface area contributed by atoms with Crippen molar-refractivity contribution in [1.82, 2.24) is 0 Å². The Morgan fingerprint density at radius 3 is 2.47 bits per heavy atom. The zero-order valence-corrected chi connectivity index (χ0v) is 9.86. The Balaban J connectivity index is 2.44. The normalized spacial score (nSPS) is 11.9. The number of rotatable bonds is 4. The third-order valence-corrected chi connectivity index (χ3v) is 2.81. The number of ether oxygens (including phenoxy) is 1. The van der Waals surface area contributed by atoms with Gasteiger partial charge in [-0.1, -0.05) is 46.3 Å². The fourth-order valence-electron chi connectivity index (χ4n) is 0.968. The number of esters is 1. The van der Waals surface area contributed by atoms with Gasteiger partial charge in [0.1, 0.15) is 6.61 Å². The van der Waals surface area contributed by atoms with Gasteiger partial charge in [-0.05, 0) is 12.5 Å². The van der Waals surface area contributed by atoms with Gasteiger partial charge in [0.15, 0.2) is 10.6 Å². The van der Waals surface area contributed by atoms with E-state index in [-0.39, 0.29) is 12.4 Å². The standard InChI is InChI=1S/C11H11BrO3/c1-8(13)10(12)11(14)15-7-9-5-3-2-4-6-9/h2-6,10H,7H2,1H3/t10-/m1/s1. The number of alkyl halides is 1. The number of hydrogen-bond donors (Lipinski definition) is 0. The maximum atomic E-state index is 11.3. The molecule has 0 saturated carbocycles.